The van der Waals surface area contributed by atoms with E-state index in [4.69, 9.17) is 20.3 Å². The summed E-state index contributed by atoms with van der Waals surface area (Å²) in [6.07, 6.45) is -2.84. The number of aliphatic hydroxyl groups is 1. The van der Waals surface area contributed by atoms with Gasteiger partial charge in [0.2, 0.25) is 10.0 Å². The van der Waals surface area contributed by atoms with Crippen LogP contribution in [0.5, 0.6) is 0 Å². The molecule has 0 radical (unpaired) electrons. The second-order valence-corrected chi connectivity index (χ2v) is 5.79. The third-order valence-corrected chi connectivity index (χ3v) is 3.77. The minimum Gasteiger partial charge on any atom is -0.394 e. The van der Waals surface area contributed by atoms with Crippen LogP contribution in [0.4, 0.5) is 4.39 Å². The summed E-state index contributed by atoms with van der Waals surface area (Å²) in [5.41, 5.74) is 5.46. The van der Waals surface area contributed by atoms with Crippen LogP contribution >= 0.6 is 0 Å². The molecule has 0 amide bonds. The van der Waals surface area contributed by atoms with E-state index in [0.29, 0.717) is 0 Å². The first-order valence-corrected chi connectivity index (χ1v) is 7.71. The molecule has 120 valence electrons. The van der Waals surface area contributed by atoms with Crippen molar-refractivity contribution in [2.24, 2.45) is 5.73 Å². The minimum absolute atomic E-state index is 0.0291. The van der Waals surface area contributed by atoms with E-state index in [-0.39, 0.29) is 24.7 Å². The quantitative estimate of drug-likeness (QED) is 0.306. The Morgan fingerprint density at radius 1 is 1.29 bits per heavy atom. The summed E-state index contributed by atoms with van der Waals surface area (Å²) >= 11 is 0. The van der Waals surface area contributed by atoms with Crippen LogP contribution in [-0.4, -0.2) is 52.5 Å². The molecule has 0 aliphatic heterocycles. The first-order valence-electron chi connectivity index (χ1n) is 6.23. The third kappa shape index (κ3) is 6.93. The van der Waals surface area contributed by atoms with Crippen molar-refractivity contribution < 1.29 is 27.4 Å². The molecule has 21 heavy (non-hydrogen) atoms. The van der Waals surface area contributed by atoms with E-state index >= 15 is 0 Å². The van der Waals surface area contributed by atoms with Crippen LogP contribution in [0.3, 0.4) is 0 Å². The number of sulfonamides is 1. The van der Waals surface area contributed by atoms with Crippen molar-refractivity contribution in [3.63, 3.8) is 0 Å². The molecule has 0 bridgehead atoms. The van der Waals surface area contributed by atoms with Gasteiger partial charge in [0.25, 0.3) is 0 Å². The zero-order valence-corrected chi connectivity index (χ0v) is 12.1. The van der Waals surface area contributed by atoms with Crippen molar-refractivity contribution in [2.75, 3.05) is 26.4 Å². The van der Waals surface area contributed by atoms with Gasteiger partial charge in [-0.05, 0) is 12.1 Å². The maximum absolute atomic E-state index is 13.6. The van der Waals surface area contributed by atoms with Gasteiger partial charge in [0.1, 0.15) is 6.23 Å². The van der Waals surface area contributed by atoms with E-state index in [1.807, 2.05) is 4.72 Å². The van der Waals surface area contributed by atoms with E-state index in [0.717, 1.165) is 0 Å². The number of alkyl halides is 1. The monoisotopic (exact) mass is 322 g/mol. The zero-order chi connectivity index (χ0) is 15.7. The molecule has 9 heteroatoms. The normalized spacial score (nSPS) is 14.8. The first-order chi connectivity index (χ1) is 9.95. The van der Waals surface area contributed by atoms with Crippen molar-refractivity contribution >= 4 is 10.0 Å². The van der Waals surface area contributed by atoms with Gasteiger partial charge in [0, 0.05) is 0 Å². The van der Waals surface area contributed by atoms with Crippen LogP contribution in [0.2, 0.25) is 0 Å². The fraction of sp³-hybridized carbons (Fsp3) is 0.500. The number of ether oxygens (including phenoxy) is 2. The molecule has 1 aromatic rings. The van der Waals surface area contributed by atoms with E-state index in [1.165, 1.54) is 24.3 Å². The lowest BCUT2D eigenvalue weighted by molar-refractivity contribution is -0.0374. The second-order valence-electron chi connectivity index (χ2n) is 4.07. The van der Waals surface area contributed by atoms with Crippen molar-refractivity contribution in [3.8, 4) is 0 Å². The van der Waals surface area contributed by atoms with Gasteiger partial charge in [0.15, 0.2) is 6.30 Å². The van der Waals surface area contributed by atoms with Gasteiger partial charge >= 0.3 is 0 Å². The Kier molecular flexibility index (Phi) is 7.72. The molecule has 0 saturated heterocycles. The Balaban J connectivity index is 2.38. The lowest BCUT2D eigenvalue weighted by Crippen LogP contribution is -2.39. The highest BCUT2D eigenvalue weighted by atomic mass is 32.2. The van der Waals surface area contributed by atoms with Crippen molar-refractivity contribution in [1.82, 2.24) is 4.72 Å². The Labute approximate surface area is 122 Å². The van der Waals surface area contributed by atoms with Gasteiger partial charge in [-0.1, -0.05) is 18.2 Å². The molecular weight excluding hydrogens is 303 g/mol. The lowest BCUT2D eigenvalue weighted by Gasteiger charge is -2.16. The summed E-state index contributed by atoms with van der Waals surface area (Å²) < 4.78 is 48.8. The number of nitrogens with one attached hydrogen (secondary N) is 1. The predicted octanol–water partition coefficient (Wildman–Crippen LogP) is -0.429. The second kappa shape index (κ2) is 9.03. The minimum atomic E-state index is -3.94. The van der Waals surface area contributed by atoms with Crippen LogP contribution in [-0.2, 0) is 19.5 Å². The number of halogens is 1. The summed E-state index contributed by atoms with van der Waals surface area (Å²) in [7, 11) is -3.94. The van der Waals surface area contributed by atoms with Crippen LogP contribution in [0.15, 0.2) is 35.2 Å². The lowest BCUT2D eigenvalue weighted by atomic mass is 10.4. The molecule has 2 unspecified atom stereocenters. The Hall–Kier alpha value is -1.10. The summed E-state index contributed by atoms with van der Waals surface area (Å²) in [6.45, 7) is -0.638. The van der Waals surface area contributed by atoms with Crippen molar-refractivity contribution in [1.29, 1.82) is 0 Å². The number of hydrogen-bond acceptors (Lipinski definition) is 6. The Bertz CT molecular complexity index is 500. The van der Waals surface area contributed by atoms with Gasteiger partial charge in [-0.2, -0.15) is 4.72 Å². The summed E-state index contributed by atoms with van der Waals surface area (Å²) in [5.74, 6) is 0. The van der Waals surface area contributed by atoms with Gasteiger partial charge in [-0.15, -0.1) is 0 Å². The molecule has 0 aliphatic rings. The standard InChI is InChI=1S/C12H19FN2O5S/c13-11(8-20-12(14)9-19-7-6-16)15-21(17,18)10-4-2-1-3-5-10/h1-5,11-12,15-16H,6-9,14H2. The zero-order valence-electron chi connectivity index (χ0n) is 11.3. The van der Waals surface area contributed by atoms with Crippen LogP contribution in [0, 0.1) is 0 Å². The summed E-state index contributed by atoms with van der Waals surface area (Å²) in [4.78, 5) is -0.0387. The maximum Gasteiger partial charge on any atom is 0.243 e. The average molecular weight is 322 g/mol. The molecule has 0 fully saturated rings. The number of hydrogen-bond donors (Lipinski definition) is 3. The highest BCUT2D eigenvalue weighted by Gasteiger charge is 2.20. The molecule has 4 N–H and O–H groups in total. The topological polar surface area (TPSA) is 111 Å². The molecule has 0 aromatic heterocycles. The SMILES string of the molecule is NC(COCCO)OCC(F)NS(=O)(=O)c1ccccc1. The number of benzene rings is 1. The van der Waals surface area contributed by atoms with E-state index in [1.54, 1.807) is 6.07 Å². The first kappa shape index (κ1) is 18.0. The molecule has 0 heterocycles. The van der Waals surface area contributed by atoms with Crippen molar-refractivity contribution in [3.05, 3.63) is 30.3 Å². The third-order valence-electron chi connectivity index (χ3n) is 2.31. The van der Waals surface area contributed by atoms with Crippen molar-refractivity contribution in [2.45, 2.75) is 17.4 Å². The van der Waals surface area contributed by atoms with Crippen LogP contribution in [0.25, 0.3) is 0 Å². The van der Waals surface area contributed by atoms with Gasteiger partial charge in [-0.3, -0.25) is 0 Å². The molecular formula is C12H19FN2O5S. The van der Waals surface area contributed by atoms with E-state index in [9.17, 15) is 12.8 Å². The fourth-order valence-corrected chi connectivity index (χ4v) is 2.45. The smallest absolute Gasteiger partial charge is 0.243 e. The number of nitrogens with two attached hydrogens (primary N) is 1. The van der Waals surface area contributed by atoms with Crippen LogP contribution in [0.1, 0.15) is 0 Å². The molecule has 1 rings (SSSR count). The Morgan fingerprint density at radius 3 is 2.57 bits per heavy atom. The highest BCUT2D eigenvalue weighted by Crippen LogP contribution is 2.08. The predicted molar refractivity (Wildman–Crippen MR) is 73.5 cm³/mol. The molecule has 0 aliphatic carbocycles. The van der Waals surface area contributed by atoms with Crippen LogP contribution < -0.4 is 10.5 Å². The molecule has 2 atom stereocenters. The molecule has 0 spiro atoms. The number of aliphatic hydroxyl groups excluding tert-OH is 1. The highest BCUT2D eigenvalue weighted by molar-refractivity contribution is 7.89. The fourth-order valence-electron chi connectivity index (χ4n) is 1.39. The van der Waals surface area contributed by atoms with Gasteiger partial charge < -0.3 is 20.3 Å². The Morgan fingerprint density at radius 2 is 1.95 bits per heavy atom. The average Bonchev–Trinajstić information content (AvgIpc) is 2.46. The van der Waals surface area contributed by atoms with E-state index in [2.05, 4.69) is 0 Å². The largest absolute Gasteiger partial charge is 0.394 e. The molecule has 0 saturated carbocycles. The van der Waals surface area contributed by atoms with E-state index < -0.39 is 29.2 Å². The molecule has 7 nitrogen and oxygen atoms in total. The van der Waals surface area contributed by atoms with Gasteiger partial charge in [0.05, 0.1) is 31.3 Å². The summed E-state index contributed by atoms with van der Waals surface area (Å²) in [5, 5.41) is 8.49. The molecule has 1 aromatic carbocycles. The number of rotatable bonds is 10. The summed E-state index contributed by atoms with van der Waals surface area (Å²) in [6, 6.07) is 7.43. The van der Waals surface area contributed by atoms with Gasteiger partial charge in [-0.25, -0.2) is 12.8 Å². The maximum atomic E-state index is 13.6.